The van der Waals surface area contributed by atoms with E-state index in [2.05, 4.69) is 34.0 Å². The smallest absolute Gasteiger partial charge is 0.241 e. The van der Waals surface area contributed by atoms with E-state index in [1.807, 2.05) is 0 Å². The maximum absolute atomic E-state index is 12.5. The van der Waals surface area contributed by atoms with Gasteiger partial charge in [-0.05, 0) is 41.1 Å². The first-order valence-corrected chi connectivity index (χ1v) is 8.82. The molecule has 0 bridgehead atoms. The number of thiophene rings is 1. The molecule has 1 aliphatic heterocycles. The Morgan fingerprint density at radius 3 is 2.85 bits per heavy atom. The predicted octanol–water partition coefficient (Wildman–Crippen LogP) is 3.54. The fourth-order valence-corrected chi connectivity index (χ4v) is 4.22. The highest BCUT2D eigenvalue weighted by molar-refractivity contribution is 7.07. The van der Waals surface area contributed by atoms with Crippen LogP contribution in [0.15, 0.2) is 16.8 Å². The molecule has 1 amide bonds. The fraction of sp³-hybridized carbons (Fsp3) is 0.688. The lowest BCUT2D eigenvalue weighted by Crippen LogP contribution is -2.32. The lowest BCUT2D eigenvalue weighted by molar-refractivity contribution is -0.130. The van der Waals surface area contributed by atoms with Crippen molar-refractivity contribution in [2.45, 2.75) is 57.7 Å². The van der Waals surface area contributed by atoms with Gasteiger partial charge in [0.25, 0.3) is 0 Å². The van der Waals surface area contributed by atoms with E-state index >= 15 is 0 Å². The van der Waals surface area contributed by atoms with Crippen molar-refractivity contribution in [3.63, 3.8) is 0 Å². The minimum Gasteiger partial charge on any atom is -0.322 e. The first kappa shape index (κ1) is 14.1. The van der Waals surface area contributed by atoms with Gasteiger partial charge < -0.3 is 4.90 Å². The lowest BCUT2D eigenvalue weighted by Gasteiger charge is -2.25. The summed E-state index contributed by atoms with van der Waals surface area (Å²) >= 11 is 1.70. The zero-order valence-corrected chi connectivity index (χ0v) is 13.0. The SMILES string of the molecule is CCC1NC(c2ccsc2)N(CCC2CCCC2)C1=O. The number of hydrogen-bond donors (Lipinski definition) is 1. The van der Waals surface area contributed by atoms with E-state index < -0.39 is 0 Å². The van der Waals surface area contributed by atoms with Gasteiger partial charge in [-0.25, -0.2) is 0 Å². The predicted molar refractivity (Wildman–Crippen MR) is 82.6 cm³/mol. The van der Waals surface area contributed by atoms with Gasteiger partial charge in [-0.15, -0.1) is 0 Å². The molecule has 2 heterocycles. The van der Waals surface area contributed by atoms with Crippen LogP contribution in [-0.4, -0.2) is 23.4 Å². The Morgan fingerprint density at radius 2 is 2.20 bits per heavy atom. The normalized spacial score (nSPS) is 27.6. The van der Waals surface area contributed by atoms with Gasteiger partial charge in [0, 0.05) is 6.54 Å². The zero-order chi connectivity index (χ0) is 13.9. The highest BCUT2D eigenvalue weighted by atomic mass is 32.1. The van der Waals surface area contributed by atoms with Crippen LogP contribution in [0.2, 0.25) is 0 Å². The quantitative estimate of drug-likeness (QED) is 0.900. The topological polar surface area (TPSA) is 32.3 Å². The number of carbonyl (C=O) groups is 1. The molecular formula is C16H24N2OS. The van der Waals surface area contributed by atoms with Crippen LogP contribution in [0, 0.1) is 5.92 Å². The van der Waals surface area contributed by atoms with Gasteiger partial charge in [-0.2, -0.15) is 11.3 Å². The Labute approximate surface area is 125 Å². The van der Waals surface area contributed by atoms with Gasteiger partial charge in [-0.1, -0.05) is 32.6 Å². The van der Waals surface area contributed by atoms with Crippen LogP contribution in [-0.2, 0) is 4.79 Å². The minimum atomic E-state index is 0.00322. The van der Waals surface area contributed by atoms with E-state index in [1.165, 1.54) is 37.7 Å². The van der Waals surface area contributed by atoms with Crippen LogP contribution >= 0.6 is 11.3 Å². The molecule has 1 N–H and O–H groups in total. The molecule has 0 spiro atoms. The Balaban J connectivity index is 1.68. The van der Waals surface area contributed by atoms with Crippen LogP contribution in [0.5, 0.6) is 0 Å². The van der Waals surface area contributed by atoms with Crippen molar-refractivity contribution in [3.8, 4) is 0 Å². The third-order valence-corrected chi connectivity index (χ3v) is 5.47. The fourth-order valence-electron chi connectivity index (χ4n) is 3.54. The number of rotatable bonds is 5. The molecule has 0 radical (unpaired) electrons. The van der Waals surface area contributed by atoms with Crippen molar-refractivity contribution >= 4 is 17.2 Å². The van der Waals surface area contributed by atoms with E-state index in [0.717, 1.165) is 18.9 Å². The molecule has 110 valence electrons. The van der Waals surface area contributed by atoms with Gasteiger partial charge >= 0.3 is 0 Å². The van der Waals surface area contributed by atoms with Crippen molar-refractivity contribution in [2.24, 2.45) is 5.92 Å². The lowest BCUT2D eigenvalue weighted by atomic mass is 10.0. The standard InChI is InChI=1S/C16H24N2OS/c1-2-14-16(19)18(9-7-12-5-3-4-6-12)15(17-14)13-8-10-20-11-13/h8,10-12,14-15,17H,2-7,9H2,1H3. The molecule has 0 aromatic carbocycles. The first-order chi connectivity index (χ1) is 9.79. The molecule has 1 aromatic heterocycles. The molecule has 3 nitrogen and oxygen atoms in total. The van der Waals surface area contributed by atoms with Crippen molar-refractivity contribution in [1.29, 1.82) is 0 Å². The van der Waals surface area contributed by atoms with Crippen molar-refractivity contribution in [1.82, 2.24) is 10.2 Å². The largest absolute Gasteiger partial charge is 0.322 e. The average molecular weight is 292 g/mol. The average Bonchev–Trinajstić information content (AvgIpc) is 3.18. The summed E-state index contributed by atoms with van der Waals surface area (Å²) in [6, 6.07) is 2.14. The highest BCUT2D eigenvalue weighted by Gasteiger charge is 2.38. The molecule has 1 aromatic rings. The number of carbonyl (C=O) groups excluding carboxylic acids is 1. The molecule has 2 atom stereocenters. The maximum Gasteiger partial charge on any atom is 0.241 e. The Morgan fingerprint density at radius 1 is 1.40 bits per heavy atom. The number of hydrogen-bond acceptors (Lipinski definition) is 3. The van der Waals surface area contributed by atoms with E-state index in [0.29, 0.717) is 5.91 Å². The summed E-state index contributed by atoms with van der Waals surface area (Å²) in [5.74, 6) is 1.13. The van der Waals surface area contributed by atoms with Crippen LogP contribution < -0.4 is 5.32 Å². The molecule has 4 heteroatoms. The molecule has 1 saturated carbocycles. The second-order valence-electron chi connectivity index (χ2n) is 6.06. The number of amides is 1. The summed E-state index contributed by atoms with van der Waals surface area (Å²) in [5, 5.41) is 7.75. The molecule has 2 fully saturated rings. The molecule has 2 unspecified atom stereocenters. The van der Waals surface area contributed by atoms with E-state index in [1.54, 1.807) is 11.3 Å². The van der Waals surface area contributed by atoms with E-state index in [9.17, 15) is 4.79 Å². The van der Waals surface area contributed by atoms with Gasteiger partial charge in [-0.3, -0.25) is 10.1 Å². The van der Waals surface area contributed by atoms with Crippen molar-refractivity contribution in [3.05, 3.63) is 22.4 Å². The summed E-state index contributed by atoms with van der Waals surface area (Å²) in [6.45, 7) is 2.99. The summed E-state index contributed by atoms with van der Waals surface area (Å²) in [6.07, 6.45) is 7.61. The van der Waals surface area contributed by atoms with Crippen molar-refractivity contribution in [2.75, 3.05) is 6.54 Å². The van der Waals surface area contributed by atoms with Gasteiger partial charge in [0.05, 0.1) is 6.04 Å². The minimum absolute atomic E-state index is 0.00322. The summed E-state index contributed by atoms with van der Waals surface area (Å²) in [7, 11) is 0. The van der Waals surface area contributed by atoms with Crippen LogP contribution in [0.4, 0.5) is 0 Å². The summed E-state index contributed by atoms with van der Waals surface area (Å²) in [5.41, 5.74) is 1.24. The molecule has 3 rings (SSSR count). The highest BCUT2D eigenvalue weighted by Crippen LogP contribution is 2.32. The van der Waals surface area contributed by atoms with Crippen LogP contribution in [0.3, 0.4) is 0 Å². The number of nitrogens with zero attached hydrogens (tertiary/aromatic N) is 1. The monoisotopic (exact) mass is 292 g/mol. The number of nitrogens with one attached hydrogen (secondary N) is 1. The van der Waals surface area contributed by atoms with E-state index in [-0.39, 0.29) is 12.2 Å². The molecule has 1 aliphatic carbocycles. The molecule has 20 heavy (non-hydrogen) atoms. The second-order valence-corrected chi connectivity index (χ2v) is 6.84. The van der Waals surface area contributed by atoms with Crippen LogP contribution in [0.1, 0.15) is 57.2 Å². The van der Waals surface area contributed by atoms with Gasteiger partial charge in [0.1, 0.15) is 6.17 Å². The van der Waals surface area contributed by atoms with E-state index in [4.69, 9.17) is 0 Å². The Kier molecular flexibility index (Phi) is 4.41. The molecule has 2 aliphatic rings. The molecular weight excluding hydrogens is 268 g/mol. The summed E-state index contributed by atoms with van der Waals surface area (Å²) < 4.78 is 0. The zero-order valence-electron chi connectivity index (χ0n) is 12.2. The third kappa shape index (κ3) is 2.77. The second kappa shape index (κ2) is 6.27. The van der Waals surface area contributed by atoms with Gasteiger partial charge in [0.2, 0.25) is 5.91 Å². The Bertz CT molecular complexity index is 439. The van der Waals surface area contributed by atoms with Gasteiger partial charge in [0.15, 0.2) is 0 Å². The Hall–Kier alpha value is -0.870. The van der Waals surface area contributed by atoms with Crippen molar-refractivity contribution < 1.29 is 4.79 Å². The molecule has 1 saturated heterocycles. The third-order valence-electron chi connectivity index (χ3n) is 4.77. The maximum atomic E-state index is 12.5. The first-order valence-electron chi connectivity index (χ1n) is 7.88. The van der Waals surface area contributed by atoms with Crippen LogP contribution in [0.25, 0.3) is 0 Å². The summed E-state index contributed by atoms with van der Waals surface area (Å²) in [4.78, 5) is 14.6.